The van der Waals surface area contributed by atoms with Crippen molar-refractivity contribution in [1.82, 2.24) is 14.5 Å². The van der Waals surface area contributed by atoms with E-state index in [0.717, 1.165) is 12.1 Å². The van der Waals surface area contributed by atoms with Crippen LogP contribution < -0.4 is 0 Å². The van der Waals surface area contributed by atoms with Crippen LogP contribution in [0.15, 0.2) is 36.5 Å². The van der Waals surface area contributed by atoms with Gasteiger partial charge >= 0.3 is 6.18 Å². The van der Waals surface area contributed by atoms with Gasteiger partial charge < -0.3 is 4.98 Å². The predicted octanol–water partition coefficient (Wildman–Crippen LogP) is 4.76. The van der Waals surface area contributed by atoms with Gasteiger partial charge in [0.1, 0.15) is 0 Å². The lowest BCUT2D eigenvalue weighted by Crippen LogP contribution is -2.05. The van der Waals surface area contributed by atoms with E-state index in [9.17, 15) is 13.2 Å². The van der Waals surface area contributed by atoms with Crippen molar-refractivity contribution in [3.05, 3.63) is 51.9 Å². The molecule has 0 bridgehead atoms. The number of benzene rings is 1. The van der Waals surface area contributed by atoms with Crippen molar-refractivity contribution in [2.75, 3.05) is 0 Å². The summed E-state index contributed by atoms with van der Waals surface area (Å²) in [5, 5.41) is 0.443. The van der Waals surface area contributed by atoms with Crippen molar-refractivity contribution in [1.29, 1.82) is 0 Å². The number of rotatable bonds is 1. The van der Waals surface area contributed by atoms with Gasteiger partial charge in [-0.3, -0.25) is 4.57 Å². The van der Waals surface area contributed by atoms with Gasteiger partial charge in [0.05, 0.1) is 16.1 Å². The second-order valence-corrected chi connectivity index (χ2v) is 5.16. The van der Waals surface area contributed by atoms with Crippen LogP contribution in [0.5, 0.6) is 0 Å². The lowest BCUT2D eigenvalue weighted by Gasteiger charge is -2.08. The summed E-state index contributed by atoms with van der Waals surface area (Å²) in [6.07, 6.45) is -2.92. The van der Waals surface area contributed by atoms with Crippen molar-refractivity contribution in [3.63, 3.8) is 0 Å². The largest absolute Gasteiger partial charge is 0.416 e. The fourth-order valence-electron chi connectivity index (χ4n) is 2.01. The Morgan fingerprint density at radius 3 is 2.48 bits per heavy atom. The van der Waals surface area contributed by atoms with Gasteiger partial charge in [-0.2, -0.15) is 13.2 Å². The number of alkyl halides is 3. The summed E-state index contributed by atoms with van der Waals surface area (Å²) < 4.78 is 39.6. The molecular weight excluding hydrogens is 323 g/mol. The second-order valence-electron chi connectivity index (χ2n) is 4.33. The number of fused-ring (bicyclic) bond motifs is 1. The smallest absolute Gasteiger partial charge is 0.329 e. The topological polar surface area (TPSA) is 33.6 Å². The molecule has 0 saturated heterocycles. The van der Waals surface area contributed by atoms with Crippen LogP contribution in [0.2, 0.25) is 5.02 Å². The Hall–Kier alpha value is -1.86. The van der Waals surface area contributed by atoms with Crippen molar-refractivity contribution in [2.45, 2.75) is 6.18 Å². The van der Waals surface area contributed by atoms with Crippen LogP contribution >= 0.6 is 23.8 Å². The molecule has 21 heavy (non-hydrogen) atoms. The van der Waals surface area contributed by atoms with Gasteiger partial charge in [-0.15, -0.1) is 0 Å². The highest BCUT2D eigenvalue weighted by Gasteiger charge is 2.30. The molecule has 1 N–H and O–H groups in total. The van der Waals surface area contributed by atoms with Crippen molar-refractivity contribution in [3.8, 4) is 5.69 Å². The maximum absolute atomic E-state index is 12.6. The first-order valence-corrected chi connectivity index (χ1v) is 6.59. The highest BCUT2D eigenvalue weighted by molar-refractivity contribution is 7.71. The molecule has 0 aliphatic rings. The van der Waals surface area contributed by atoms with E-state index in [1.54, 1.807) is 10.6 Å². The number of aromatic nitrogens is 3. The van der Waals surface area contributed by atoms with E-state index in [1.807, 2.05) is 0 Å². The molecular formula is C13H7ClF3N3S. The van der Waals surface area contributed by atoms with E-state index in [-0.39, 0.29) is 0 Å². The van der Waals surface area contributed by atoms with Crippen LogP contribution in [0.25, 0.3) is 16.9 Å². The molecule has 1 aromatic carbocycles. The molecule has 0 amide bonds. The number of hydrogen-bond acceptors (Lipinski definition) is 2. The van der Waals surface area contributed by atoms with E-state index in [4.69, 9.17) is 23.8 Å². The first kappa shape index (κ1) is 14.1. The zero-order valence-electron chi connectivity index (χ0n) is 10.3. The minimum atomic E-state index is -4.37. The Bertz CT molecular complexity index is 865. The first-order chi connectivity index (χ1) is 9.86. The predicted molar refractivity (Wildman–Crippen MR) is 76.3 cm³/mol. The highest BCUT2D eigenvalue weighted by Crippen LogP contribution is 2.30. The van der Waals surface area contributed by atoms with Gasteiger partial charge in [-0.05, 0) is 42.5 Å². The maximum Gasteiger partial charge on any atom is 0.416 e. The van der Waals surface area contributed by atoms with E-state index in [2.05, 4.69) is 9.97 Å². The van der Waals surface area contributed by atoms with Crippen LogP contribution in [0.3, 0.4) is 0 Å². The second kappa shape index (κ2) is 4.85. The lowest BCUT2D eigenvalue weighted by molar-refractivity contribution is -0.137. The molecule has 108 valence electrons. The molecule has 0 fully saturated rings. The van der Waals surface area contributed by atoms with Crippen LogP contribution in [-0.2, 0) is 6.18 Å². The van der Waals surface area contributed by atoms with E-state index in [0.29, 0.717) is 26.6 Å². The molecule has 2 heterocycles. The zero-order valence-corrected chi connectivity index (χ0v) is 11.9. The number of nitrogens with zero attached hydrogens (tertiary/aromatic N) is 2. The Balaban J connectivity index is 2.17. The number of H-pyrrole nitrogens is 1. The number of nitrogens with one attached hydrogen (secondary N) is 1. The zero-order chi connectivity index (χ0) is 15.2. The molecule has 0 spiro atoms. The molecule has 0 aliphatic carbocycles. The van der Waals surface area contributed by atoms with E-state index < -0.39 is 11.7 Å². The van der Waals surface area contributed by atoms with Gasteiger partial charge in [0.25, 0.3) is 0 Å². The van der Waals surface area contributed by atoms with Gasteiger partial charge in [0.2, 0.25) is 0 Å². The highest BCUT2D eigenvalue weighted by atomic mass is 35.5. The summed E-state index contributed by atoms with van der Waals surface area (Å²) in [7, 11) is 0. The number of aromatic amines is 1. The molecule has 0 saturated carbocycles. The molecule has 0 radical (unpaired) electrons. The average Bonchev–Trinajstić information content (AvgIpc) is 2.73. The Kier molecular flexibility index (Phi) is 3.26. The van der Waals surface area contributed by atoms with Crippen LogP contribution in [0.4, 0.5) is 13.2 Å². The quantitative estimate of drug-likeness (QED) is 0.653. The maximum atomic E-state index is 12.6. The SMILES string of the molecule is FC(F)(F)c1ccc(-n2c(=S)[nH]c3cc(Cl)cnc32)cc1. The van der Waals surface area contributed by atoms with E-state index in [1.165, 1.54) is 18.3 Å². The first-order valence-electron chi connectivity index (χ1n) is 5.80. The Morgan fingerprint density at radius 2 is 1.86 bits per heavy atom. The third kappa shape index (κ3) is 2.54. The summed E-state index contributed by atoms with van der Waals surface area (Å²) in [5.74, 6) is 0. The van der Waals surface area contributed by atoms with Crippen molar-refractivity contribution < 1.29 is 13.2 Å². The lowest BCUT2D eigenvalue weighted by atomic mass is 10.2. The van der Waals surface area contributed by atoms with Gasteiger partial charge in [0, 0.05) is 11.9 Å². The van der Waals surface area contributed by atoms with Crippen LogP contribution in [0.1, 0.15) is 5.56 Å². The molecule has 0 unspecified atom stereocenters. The minimum absolute atomic E-state index is 0.333. The average molecular weight is 330 g/mol. The fraction of sp³-hybridized carbons (Fsp3) is 0.0769. The number of halogens is 4. The van der Waals surface area contributed by atoms with Crippen LogP contribution in [-0.4, -0.2) is 14.5 Å². The third-order valence-electron chi connectivity index (χ3n) is 2.94. The van der Waals surface area contributed by atoms with Gasteiger partial charge in [0.15, 0.2) is 10.4 Å². The number of hydrogen-bond donors (Lipinski definition) is 1. The standard InChI is InChI=1S/C13H7ClF3N3S/c14-8-5-10-11(18-6-8)20(12(21)19-10)9-3-1-7(2-4-9)13(15,16)17/h1-6H,(H,19,21). The van der Waals surface area contributed by atoms with Crippen molar-refractivity contribution in [2.24, 2.45) is 0 Å². The molecule has 0 aliphatic heterocycles. The summed E-state index contributed by atoms with van der Waals surface area (Å²) in [6.45, 7) is 0. The molecule has 3 nitrogen and oxygen atoms in total. The summed E-state index contributed by atoms with van der Waals surface area (Å²) in [6, 6.07) is 6.36. The number of pyridine rings is 1. The molecule has 8 heteroatoms. The molecule has 3 rings (SSSR count). The normalized spacial score (nSPS) is 12.0. The minimum Gasteiger partial charge on any atom is -0.329 e. The third-order valence-corrected chi connectivity index (χ3v) is 3.43. The monoisotopic (exact) mass is 329 g/mol. The summed E-state index contributed by atoms with van der Waals surface area (Å²) in [4.78, 5) is 7.08. The Labute approximate surface area is 127 Å². The van der Waals surface area contributed by atoms with Crippen LogP contribution in [0, 0.1) is 4.77 Å². The van der Waals surface area contributed by atoms with Gasteiger partial charge in [-0.25, -0.2) is 4.98 Å². The molecule has 0 atom stereocenters. The Morgan fingerprint density at radius 1 is 1.19 bits per heavy atom. The molecule has 3 aromatic rings. The number of imidazole rings is 1. The fourth-order valence-corrected chi connectivity index (χ4v) is 2.47. The summed E-state index contributed by atoms with van der Waals surface area (Å²) >= 11 is 11.0. The summed E-state index contributed by atoms with van der Waals surface area (Å²) in [5.41, 5.74) is 0.902. The molecule has 2 aromatic heterocycles. The van der Waals surface area contributed by atoms with Crippen molar-refractivity contribution >= 4 is 35.0 Å². The van der Waals surface area contributed by atoms with Gasteiger partial charge in [-0.1, -0.05) is 11.6 Å². The van der Waals surface area contributed by atoms with E-state index >= 15 is 0 Å².